The van der Waals surface area contributed by atoms with Crippen LogP contribution in [0.1, 0.15) is 50.7 Å². The van der Waals surface area contributed by atoms with E-state index in [1.54, 1.807) is 0 Å². The summed E-state index contributed by atoms with van der Waals surface area (Å²) in [5, 5.41) is 6.16. The number of imidazole rings is 1. The van der Waals surface area contributed by atoms with Crippen molar-refractivity contribution in [2.45, 2.75) is 39.5 Å². The predicted octanol–water partition coefficient (Wildman–Crippen LogP) is 7.54. The van der Waals surface area contributed by atoms with Gasteiger partial charge in [-0.15, -0.1) is 0 Å². The molecule has 0 unspecified atom stereocenters. The minimum atomic E-state index is 0.429. The Morgan fingerprint density at radius 3 is 2.19 bits per heavy atom. The van der Waals surface area contributed by atoms with Gasteiger partial charge in [-0.2, -0.15) is 0 Å². The topological polar surface area (TPSA) is 30.2 Å². The van der Waals surface area contributed by atoms with Crippen molar-refractivity contribution < 1.29 is 0 Å². The Morgan fingerprint density at radius 1 is 0.742 bits per heavy atom. The molecule has 0 amide bonds. The third-order valence-electron chi connectivity index (χ3n) is 6.58. The summed E-state index contributed by atoms with van der Waals surface area (Å²) in [6.45, 7) is 9.06. The fourth-order valence-corrected chi connectivity index (χ4v) is 5.12. The van der Waals surface area contributed by atoms with Crippen LogP contribution in [0.15, 0.2) is 67.1 Å². The summed E-state index contributed by atoms with van der Waals surface area (Å²) >= 11 is 0. The van der Waals surface area contributed by atoms with E-state index in [9.17, 15) is 0 Å². The van der Waals surface area contributed by atoms with Crippen LogP contribution in [0.25, 0.3) is 49.4 Å². The number of rotatable bonds is 3. The quantitative estimate of drug-likeness (QED) is 0.286. The molecule has 6 aromatic rings. The summed E-state index contributed by atoms with van der Waals surface area (Å²) in [6.07, 6.45) is 6.15. The van der Waals surface area contributed by atoms with E-state index in [-0.39, 0.29) is 0 Å². The van der Waals surface area contributed by atoms with E-state index in [0.717, 1.165) is 16.9 Å². The van der Waals surface area contributed by atoms with Gasteiger partial charge in [-0.3, -0.25) is 9.38 Å². The molecule has 0 fully saturated rings. The maximum atomic E-state index is 5.25. The first-order valence-electron chi connectivity index (χ1n) is 11.1. The second-order valence-corrected chi connectivity index (χ2v) is 9.17. The Labute approximate surface area is 181 Å². The highest BCUT2D eigenvalue weighted by Crippen LogP contribution is 2.40. The first-order valence-corrected chi connectivity index (χ1v) is 11.1. The second kappa shape index (κ2) is 6.52. The van der Waals surface area contributed by atoms with Gasteiger partial charge in [-0.1, -0.05) is 76.2 Å². The van der Waals surface area contributed by atoms with Gasteiger partial charge in [0.1, 0.15) is 5.65 Å². The minimum Gasteiger partial charge on any atom is -0.297 e. The molecule has 0 bridgehead atoms. The summed E-state index contributed by atoms with van der Waals surface area (Å²) in [6, 6.07) is 17.6. The zero-order valence-corrected chi connectivity index (χ0v) is 18.3. The molecular weight excluding hydrogens is 378 g/mol. The number of fused-ring (bicyclic) bond motifs is 3. The van der Waals surface area contributed by atoms with Crippen molar-refractivity contribution in [1.82, 2.24) is 14.4 Å². The van der Waals surface area contributed by atoms with E-state index in [1.807, 2.05) is 12.4 Å². The van der Waals surface area contributed by atoms with Gasteiger partial charge in [-0.05, 0) is 28.3 Å². The van der Waals surface area contributed by atoms with Crippen LogP contribution in [0.4, 0.5) is 0 Å². The molecule has 3 heteroatoms. The molecule has 0 saturated heterocycles. The second-order valence-electron chi connectivity index (χ2n) is 9.17. The number of pyridine rings is 2. The van der Waals surface area contributed by atoms with E-state index >= 15 is 0 Å². The molecule has 0 N–H and O–H groups in total. The van der Waals surface area contributed by atoms with Gasteiger partial charge < -0.3 is 0 Å². The van der Waals surface area contributed by atoms with Gasteiger partial charge in [0.25, 0.3) is 0 Å². The maximum Gasteiger partial charge on any atom is 0.145 e. The molecule has 0 aliphatic carbocycles. The Kier molecular flexibility index (Phi) is 3.85. The maximum absolute atomic E-state index is 5.25. The van der Waals surface area contributed by atoms with Crippen molar-refractivity contribution in [3.63, 3.8) is 0 Å². The normalized spacial score (nSPS) is 12.5. The van der Waals surface area contributed by atoms with Crippen LogP contribution in [-0.4, -0.2) is 14.4 Å². The summed E-state index contributed by atoms with van der Waals surface area (Å²) < 4.78 is 2.24. The Morgan fingerprint density at radius 2 is 1.45 bits per heavy atom. The first-order chi connectivity index (χ1) is 15.0. The van der Waals surface area contributed by atoms with Crippen molar-refractivity contribution in [3.05, 3.63) is 78.2 Å². The highest BCUT2D eigenvalue weighted by molar-refractivity contribution is 6.25. The van der Waals surface area contributed by atoms with Gasteiger partial charge in [-0.25, -0.2) is 4.98 Å². The largest absolute Gasteiger partial charge is 0.297 e. The fraction of sp³-hybridized carbons (Fsp3) is 0.214. The lowest BCUT2D eigenvalue weighted by atomic mass is 9.87. The van der Waals surface area contributed by atoms with Crippen molar-refractivity contribution in [3.8, 4) is 11.3 Å². The summed E-state index contributed by atoms with van der Waals surface area (Å²) in [5.41, 5.74) is 7.16. The molecule has 6 rings (SSSR count). The number of aromatic nitrogens is 3. The molecule has 3 nitrogen and oxygen atoms in total. The fourth-order valence-electron chi connectivity index (χ4n) is 5.12. The SMILES string of the molecule is CC(C)c1cccc(C(C)C)c1-c1cn2c3cncc4ccc5cccc(c5c43)c2n1. The molecule has 0 atom stereocenters. The molecular formula is C28H25N3. The lowest BCUT2D eigenvalue weighted by Crippen LogP contribution is -1.99. The van der Waals surface area contributed by atoms with Crippen LogP contribution in [0, 0.1) is 0 Å². The number of nitrogens with zero attached hydrogens (tertiary/aromatic N) is 3. The zero-order chi connectivity index (χ0) is 21.3. The van der Waals surface area contributed by atoms with Crippen molar-refractivity contribution in [2.24, 2.45) is 0 Å². The first kappa shape index (κ1) is 18.3. The lowest BCUT2D eigenvalue weighted by molar-refractivity contribution is 0.837. The minimum absolute atomic E-state index is 0.429. The highest BCUT2D eigenvalue weighted by Gasteiger charge is 2.20. The van der Waals surface area contributed by atoms with Crippen molar-refractivity contribution >= 4 is 38.1 Å². The predicted molar refractivity (Wildman–Crippen MR) is 130 cm³/mol. The Hall–Kier alpha value is -3.46. The van der Waals surface area contributed by atoms with Crippen LogP contribution < -0.4 is 0 Å². The zero-order valence-electron chi connectivity index (χ0n) is 18.3. The molecule has 152 valence electrons. The number of hydrogen-bond acceptors (Lipinski definition) is 2. The van der Waals surface area contributed by atoms with Gasteiger partial charge in [0.15, 0.2) is 0 Å². The highest BCUT2D eigenvalue weighted by atomic mass is 15.0. The van der Waals surface area contributed by atoms with Crippen LogP contribution in [0.5, 0.6) is 0 Å². The van der Waals surface area contributed by atoms with Crippen molar-refractivity contribution in [1.29, 1.82) is 0 Å². The van der Waals surface area contributed by atoms with Gasteiger partial charge in [0, 0.05) is 39.5 Å². The van der Waals surface area contributed by atoms with Gasteiger partial charge in [0.2, 0.25) is 0 Å². The Balaban J connectivity index is 1.80. The van der Waals surface area contributed by atoms with Crippen molar-refractivity contribution in [2.75, 3.05) is 0 Å². The molecule has 0 radical (unpaired) electrons. The summed E-state index contributed by atoms with van der Waals surface area (Å²) in [4.78, 5) is 9.80. The smallest absolute Gasteiger partial charge is 0.145 e. The average Bonchev–Trinajstić information content (AvgIpc) is 3.23. The van der Waals surface area contributed by atoms with Gasteiger partial charge >= 0.3 is 0 Å². The molecule has 0 aliphatic rings. The summed E-state index contributed by atoms with van der Waals surface area (Å²) in [5.74, 6) is 0.858. The molecule has 0 aliphatic heterocycles. The van der Waals surface area contributed by atoms with Crippen LogP contribution in [0.2, 0.25) is 0 Å². The third-order valence-corrected chi connectivity index (χ3v) is 6.58. The molecule has 3 heterocycles. The van der Waals surface area contributed by atoms with E-state index in [4.69, 9.17) is 4.98 Å². The molecule has 3 aromatic heterocycles. The molecule has 3 aromatic carbocycles. The standard InChI is InChI=1S/C28H25N3/c1-16(2)20-8-6-9-21(17(3)4)27(20)23-15-31-24-14-29-13-19-12-11-18-7-5-10-22(28(31)30-23)25(18)26(19)24/h5-17H,1-4H3. The Bertz CT molecular complexity index is 1470. The molecule has 31 heavy (non-hydrogen) atoms. The van der Waals surface area contributed by atoms with Crippen LogP contribution in [0.3, 0.4) is 0 Å². The summed E-state index contributed by atoms with van der Waals surface area (Å²) in [7, 11) is 0. The third kappa shape index (κ3) is 2.53. The average molecular weight is 404 g/mol. The molecule has 0 saturated carbocycles. The van der Waals surface area contributed by atoms with E-state index in [1.165, 1.54) is 43.6 Å². The number of benzene rings is 3. The van der Waals surface area contributed by atoms with E-state index in [0.29, 0.717) is 11.8 Å². The van der Waals surface area contributed by atoms with Crippen LogP contribution in [-0.2, 0) is 0 Å². The van der Waals surface area contributed by atoms with E-state index < -0.39 is 0 Å². The lowest BCUT2D eigenvalue weighted by Gasteiger charge is -2.18. The van der Waals surface area contributed by atoms with E-state index in [2.05, 4.69) is 91.8 Å². The van der Waals surface area contributed by atoms with Crippen LogP contribution >= 0.6 is 0 Å². The number of hydrogen-bond donors (Lipinski definition) is 0. The van der Waals surface area contributed by atoms with Gasteiger partial charge in [0.05, 0.1) is 17.4 Å². The monoisotopic (exact) mass is 403 g/mol. The molecule has 0 spiro atoms.